The van der Waals surface area contributed by atoms with Crippen molar-refractivity contribution in [1.82, 2.24) is 15.5 Å². The average molecular weight is 422 g/mol. The maximum absolute atomic E-state index is 12.8. The SMILES string of the molecule is CCN(CC)C(C)CNC(=NC)NCc1ccc(F)cc1.I. The van der Waals surface area contributed by atoms with Crippen molar-refractivity contribution in [2.24, 2.45) is 4.99 Å². The van der Waals surface area contributed by atoms with Crippen LogP contribution in [0, 0.1) is 5.82 Å². The van der Waals surface area contributed by atoms with E-state index in [-0.39, 0.29) is 29.8 Å². The summed E-state index contributed by atoms with van der Waals surface area (Å²) in [7, 11) is 1.75. The number of aliphatic imine (C=N–C) groups is 1. The summed E-state index contributed by atoms with van der Waals surface area (Å²) in [5.41, 5.74) is 1.02. The Morgan fingerprint density at radius 3 is 2.27 bits per heavy atom. The van der Waals surface area contributed by atoms with Gasteiger partial charge in [-0.15, -0.1) is 24.0 Å². The lowest BCUT2D eigenvalue weighted by molar-refractivity contribution is 0.231. The molecule has 0 radical (unpaired) electrons. The topological polar surface area (TPSA) is 39.7 Å². The molecule has 0 heterocycles. The zero-order chi connectivity index (χ0) is 15.7. The Morgan fingerprint density at radius 2 is 1.77 bits per heavy atom. The van der Waals surface area contributed by atoms with Crippen molar-refractivity contribution >= 4 is 29.9 Å². The van der Waals surface area contributed by atoms with Gasteiger partial charge in [-0.3, -0.25) is 9.89 Å². The Balaban J connectivity index is 0.00000441. The van der Waals surface area contributed by atoms with Gasteiger partial charge in [0.1, 0.15) is 5.82 Å². The van der Waals surface area contributed by atoms with E-state index in [1.54, 1.807) is 19.2 Å². The number of likely N-dealkylation sites (N-methyl/N-ethyl adjacent to an activating group) is 1. The lowest BCUT2D eigenvalue weighted by atomic mass is 10.2. The Labute approximate surface area is 150 Å². The normalized spacial score (nSPS) is 12.7. The number of halogens is 2. The Hall–Kier alpha value is -0.890. The van der Waals surface area contributed by atoms with E-state index in [2.05, 4.69) is 41.3 Å². The van der Waals surface area contributed by atoms with E-state index in [1.165, 1.54) is 12.1 Å². The average Bonchev–Trinajstić information content (AvgIpc) is 2.50. The van der Waals surface area contributed by atoms with Crippen LogP contribution in [0.2, 0.25) is 0 Å². The maximum atomic E-state index is 12.8. The van der Waals surface area contributed by atoms with Crippen molar-refractivity contribution in [3.05, 3.63) is 35.6 Å². The van der Waals surface area contributed by atoms with Crippen LogP contribution < -0.4 is 10.6 Å². The number of hydrogen-bond donors (Lipinski definition) is 2. The monoisotopic (exact) mass is 422 g/mol. The predicted octanol–water partition coefficient (Wildman–Crippen LogP) is 2.84. The first-order valence-electron chi connectivity index (χ1n) is 7.53. The third-order valence-electron chi connectivity index (χ3n) is 3.60. The summed E-state index contributed by atoms with van der Waals surface area (Å²) in [5.74, 6) is 0.549. The van der Waals surface area contributed by atoms with E-state index >= 15 is 0 Å². The smallest absolute Gasteiger partial charge is 0.191 e. The van der Waals surface area contributed by atoms with Gasteiger partial charge in [0, 0.05) is 26.2 Å². The molecule has 0 saturated carbocycles. The molecule has 1 aromatic carbocycles. The van der Waals surface area contributed by atoms with Crippen molar-refractivity contribution < 1.29 is 4.39 Å². The molecule has 1 aromatic rings. The summed E-state index contributed by atoms with van der Waals surface area (Å²) < 4.78 is 12.8. The standard InChI is InChI=1S/C16H27FN4.HI/c1-5-21(6-2)13(3)11-19-16(18-4)20-12-14-7-9-15(17)10-8-14;/h7-10,13H,5-6,11-12H2,1-4H3,(H2,18,19,20);1H. The first kappa shape index (κ1) is 21.1. The molecule has 0 aliphatic heterocycles. The molecule has 0 fully saturated rings. The van der Waals surface area contributed by atoms with Crippen LogP contribution in [0.3, 0.4) is 0 Å². The zero-order valence-corrected chi connectivity index (χ0v) is 16.2. The maximum Gasteiger partial charge on any atom is 0.191 e. The van der Waals surface area contributed by atoms with E-state index in [4.69, 9.17) is 0 Å². The number of hydrogen-bond acceptors (Lipinski definition) is 2. The number of guanidine groups is 1. The molecule has 0 saturated heterocycles. The van der Waals surface area contributed by atoms with E-state index in [0.29, 0.717) is 12.6 Å². The van der Waals surface area contributed by atoms with Crippen LogP contribution in [-0.4, -0.2) is 43.6 Å². The van der Waals surface area contributed by atoms with Gasteiger partial charge in [-0.05, 0) is 37.7 Å². The van der Waals surface area contributed by atoms with Gasteiger partial charge in [-0.1, -0.05) is 26.0 Å². The summed E-state index contributed by atoms with van der Waals surface area (Å²) in [6.45, 7) is 10.1. The van der Waals surface area contributed by atoms with Crippen LogP contribution in [0.1, 0.15) is 26.3 Å². The van der Waals surface area contributed by atoms with Gasteiger partial charge < -0.3 is 10.6 Å². The fourth-order valence-corrected chi connectivity index (χ4v) is 2.23. The quantitative estimate of drug-likeness (QED) is 0.404. The van der Waals surface area contributed by atoms with Crippen LogP contribution in [0.4, 0.5) is 4.39 Å². The molecule has 0 amide bonds. The highest BCUT2D eigenvalue weighted by Crippen LogP contribution is 2.02. The molecule has 4 nitrogen and oxygen atoms in total. The molecule has 0 aliphatic carbocycles. The highest BCUT2D eigenvalue weighted by molar-refractivity contribution is 14.0. The molecule has 6 heteroatoms. The first-order chi connectivity index (χ1) is 10.1. The summed E-state index contributed by atoms with van der Waals surface area (Å²) in [4.78, 5) is 6.59. The molecule has 0 aromatic heterocycles. The molecule has 0 bridgehead atoms. The number of benzene rings is 1. The van der Waals surface area contributed by atoms with Crippen LogP contribution >= 0.6 is 24.0 Å². The zero-order valence-electron chi connectivity index (χ0n) is 13.9. The predicted molar refractivity (Wildman–Crippen MR) is 102 cm³/mol. The molecular formula is C16H28FIN4. The third-order valence-corrected chi connectivity index (χ3v) is 3.60. The van der Waals surface area contributed by atoms with Crippen molar-refractivity contribution in [2.45, 2.75) is 33.4 Å². The molecule has 0 spiro atoms. The molecule has 1 unspecified atom stereocenters. The van der Waals surface area contributed by atoms with Gasteiger partial charge >= 0.3 is 0 Å². The van der Waals surface area contributed by atoms with Gasteiger partial charge in [0.15, 0.2) is 5.96 Å². The summed E-state index contributed by atoms with van der Waals surface area (Å²) in [6.07, 6.45) is 0. The minimum absolute atomic E-state index is 0. The van der Waals surface area contributed by atoms with Crippen molar-refractivity contribution in [1.29, 1.82) is 0 Å². The first-order valence-corrected chi connectivity index (χ1v) is 7.53. The number of rotatable bonds is 7. The molecule has 1 atom stereocenters. The Kier molecular flexibility index (Phi) is 11.2. The number of nitrogens with zero attached hydrogens (tertiary/aromatic N) is 2. The molecule has 2 N–H and O–H groups in total. The summed E-state index contributed by atoms with van der Waals surface area (Å²) >= 11 is 0. The summed E-state index contributed by atoms with van der Waals surface area (Å²) in [6, 6.07) is 6.93. The molecule has 0 aliphatic rings. The van der Waals surface area contributed by atoms with Crippen LogP contribution in [0.25, 0.3) is 0 Å². The van der Waals surface area contributed by atoms with Gasteiger partial charge in [0.2, 0.25) is 0 Å². The highest BCUT2D eigenvalue weighted by atomic mass is 127. The van der Waals surface area contributed by atoms with Crippen LogP contribution in [0.5, 0.6) is 0 Å². The lowest BCUT2D eigenvalue weighted by Gasteiger charge is -2.27. The molecule has 22 heavy (non-hydrogen) atoms. The van der Waals surface area contributed by atoms with Crippen LogP contribution in [-0.2, 0) is 6.54 Å². The highest BCUT2D eigenvalue weighted by Gasteiger charge is 2.10. The van der Waals surface area contributed by atoms with Gasteiger partial charge in [0.25, 0.3) is 0 Å². The van der Waals surface area contributed by atoms with E-state index in [1.807, 2.05) is 0 Å². The Morgan fingerprint density at radius 1 is 1.18 bits per heavy atom. The summed E-state index contributed by atoms with van der Waals surface area (Å²) in [5, 5.41) is 6.56. The van der Waals surface area contributed by atoms with Gasteiger partial charge in [-0.2, -0.15) is 0 Å². The fraction of sp³-hybridized carbons (Fsp3) is 0.562. The third kappa shape index (κ3) is 7.40. The second-order valence-corrected chi connectivity index (χ2v) is 5.00. The van der Waals surface area contributed by atoms with Crippen molar-refractivity contribution in [3.63, 3.8) is 0 Å². The van der Waals surface area contributed by atoms with Crippen LogP contribution in [0.15, 0.2) is 29.3 Å². The van der Waals surface area contributed by atoms with E-state index in [0.717, 1.165) is 31.2 Å². The van der Waals surface area contributed by atoms with Gasteiger partial charge in [0.05, 0.1) is 0 Å². The van der Waals surface area contributed by atoms with E-state index < -0.39 is 0 Å². The minimum Gasteiger partial charge on any atom is -0.355 e. The van der Waals surface area contributed by atoms with Gasteiger partial charge in [-0.25, -0.2) is 4.39 Å². The fourth-order valence-electron chi connectivity index (χ4n) is 2.23. The minimum atomic E-state index is -0.214. The Bertz CT molecular complexity index is 432. The molecular weight excluding hydrogens is 394 g/mol. The molecule has 126 valence electrons. The van der Waals surface area contributed by atoms with E-state index in [9.17, 15) is 4.39 Å². The lowest BCUT2D eigenvalue weighted by Crippen LogP contribution is -2.45. The van der Waals surface area contributed by atoms with Crippen molar-refractivity contribution in [3.8, 4) is 0 Å². The largest absolute Gasteiger partial charge is 0.355 e. The second-order valence-electron chi connectivity index (χ2n) is 5.00. The second kappa shape index (κ2) is 11.6. The molecule has 1 rings (SSSR count). The van der Waals surface area contributed by atoms with Crippen molar-refractivity contribution in [2.75, 3.05) is 26.7 Å². The number of nitrogens with one attached hydrogen (secondary N) is 2.